The Morgan fingerprint density at radius 3 is 1.55 bits per heavy atom. The SMILES string of the molecule is CCCCCCCCCCC(=O)OC(CCCCCC)CCCCCCC(=O)O. The van der Waals surface area contributed by atoms with Crippen LogP contribution in [0.3, 0.4) is 0 Å². The van der Waals surface area contributed by atoms with Crippen LogP contribution in [0.5, 0.6) is 0 Å². The van der Waals surface area contributed by atoms with Crippen molar-refractivity contribution in [1.29, 1.82) is 0 Å². The molecule has 1 N–H and O–H groups in total. The van der Waals surface area contributed by atoms with Crippen molar-refractivity contribution in [3.63, 3.8) is 0 Å². The molecule has 0 aromatic carbocycles. The van der Waals surface area contributed by atoms with Gasteiger partial charge in [-0.1, -0.05) is 90.9 Å². The molecule has 0 saturated heterocycles. The van der Waals surface area contributed by atoms with Crippen LogP contribution in [0.15, 0.2) is 0 Å². The molecular weight excluding hydrogens is 364 g/mol. The van der Waals surface area contributed by atoms with E-state index in [1.165, 1.54) is 57.8 Å². The largest absolute Gasteiger partial charge is 0.481 e. The van der Waals surface area contributed by atoms with Crippen molar-refractivity contribution in [3.8, 4) is 0 Å². The molecule has 1 atom stereocenters. The Morgan fingerprint density at radius 1 is 0.621 bits per heavy atom. The second-order valence-electron chi connectivity index (χ2n) is 8.53. The van der Waals surface area contributed by atoms with Gasteiger partial charge in [-0.15, -0.1) is 0 Å². The van der Waals surface area contributed by atoms with Gasteiger partial charge in [-0.3, -0.25) is 9.59 Å². The van der Waals surface area contributed by atoms with Gasteiger partial charge >= 0.3 is 11.9 Å². The summed E-state index contributed by atoms with van der Waals surface area (Å²) in [5.74, 6) is -0.740. The Bertz CT molecular complexity index is 381. The fraction of sp³-hybridized carbons (Fsp3) is 0.920. The van der Waals surface area contributed by atoms with Crippen molar-refractivity contribution in [2.75, 3.05) is 0 Å². The minimum atomic E-state index is -0.714. The summed E-state index contributed by atoms with van der Waals surface area (Å²) >= 11 is 0. The highest BCUT2D eigenvalue weighted by molar-refractivity contribution is 5.69. The average Bonchev–Trinajstić information content (AvgIpc) is 2.69. The van der Waals surface area contributed by atoms with E-state index >= 15 is 0 Å². The summed E-state index contributed by atoms with van der Waals surface area (Å²) < 4.78 is 5.80. The summed E-state index contributed by atoms with van der Waals surface area (Å²) in [5.41, 5.74) is 0. The zero-order valence-electron chi connectivity index (χ0n) is 19.4. The lowest BCUT2D eigenvalue weighted by Crippen LogP contribution is -2.18. The molecule has 0 aliphatic carbocycles. The van der Waals surface area contributed by atoms with Crippen molar-refractivity contribution in [2.45, 2.75) is 148 Å². The molecule has 0 aromatic heterocycles. The highest BCUT2D eigenvalue weighted by Gasteiger charge is 2.14. The summed E-state index contributed by atoms with van der Waals surface area (Å²) in [4.78, 5) is 22.8. The molecule has 1 unspecified atom stereocenters. The first-order chi connectivity index (χ1) is 14.1. The van der Waals surface area contributed by atoms with Gasteiger partial charge in [0.05, 0.1) is 0 Å². The number of esters is 1. The average molecular weight is 413 g/mol. The number of carbonyl (C=O) groups excluding carboxylic acids is 1. The standard InChI is InChI=1S/C25H48O4/c1-3-5-7-9-10-11-12-18-22-25(28)29-23(19-15-8-6-4-2)20-16-13-14-17-21-24(26)27/h23H,3-22H2,1-2H3,(H,26,27). The maximum absolute atomic E-state index is 12.2. The molecule has 29 heavy (non-hydrogen) atoms. The van der Waals surface area contributed by atoms with Crippen LogP contribution in [-0.4, -0.2) is 23.1 Å². The predicted molar refractivity (Wildman–Crippen MR) is 121 cm³/mol. The summed E-state index contributed by atoms with van der Waals surface area (Å²) in [6.45, 7) is 4.45. The first kappa shape index (κ1) is 27.9. The Kier molecular flexibility index (Phi) is 20.9. The van der Waals surface area contributed by atoms with E-state index in [0.717, 1.165) is 57.8 Å². The molecule has 0 aliphatic rings. The number of carboxylic acids is 1. The number of aliphatic carboxylic acids is 1. The predicted octanol–water partition coefficient (Wildman–Crippen LogP) is 7.82. The monoisotopic (exact) mass is 412 g/mol. The van der Waals surface area contributed by atoms with Gasteiger partial charge in [0, 0.05) is 12.8 Å². The lowest BCUT2D eigenvalue weighted by molar-refractivity contribution is -0.150. The van der Waals surface area contributed by atoms with E-state index in [2.05, 4.69) is 13.8 Å². The molecule has 0 bridgehead atoms. The van der Waals surface area contributed by atoms with Crippen LogP contribution in [0.4, 0.5) is 0 Å². The molecule has 0 fully saturated rings. The van der Waals surface area contributed by atoms with Crippen LogP contribution in [0.2, 0.25) is 0 Å². The number of hydrogen-bond donors (Lipinski definition) is 1. The first-order valence-corrected chi connectivity index (χ1v) is 12.5. The molecule has 0 spiro atoms. The third kappa shape index (κ3) is 21.5. The number of carboxylic acid groups (broad SMARTS) is 1. The second kappa shape index (κ2) is 21.6. The number of carbonyl (C=O) groups is 2. The quantitative estimate of drug-likeness (QED) is 0.145. The topological polar surface area (TPSA) is 63.6 Å². The normalized spacial score (nSPS) is 12.1. The highest BCUT2D eigenvalue weighted by atomic mass is 16.5. The van der Waals surface area contributed by atoms with Gasteiger partial charge < -0.3 is 9.84 Å². The van der Waals surface area contributed by atoms with Crippen molar-refractivity contribution >= 4 is 11.9 Å². The molecule has 172 valence electrons. The zero-order valence-corrected chi connectivity index (χ0v) is 19.4. The fourth-order valence-corrected chi connectivity index (χ4v) is 3.71. The number of ether oxygens (including phenoxy) is 1. The minimum Gasteiger partial charge on any atom is -0.481 e. The molecule has 0 aliphatic heterocycles. The highest BCUT2D eigenvalue weighted by Crippen LogP contribution is 2.17. The van der Waals surface area contributed by atoms with Crippen LogP contribution in [-0.2, 0) is 14.3 Å². The number of unbranched alkanes of at least 4 members (excludes halogenated alkanes) is 13. The Hall–Kier alpha value is -1.06. The molecule has 4 nitrogen and oxygen atoms in total. The van der Waals surface area contributed by atoms with E-state index in [-0.39, 0.29) is 18.5 Å². The van der Waals surface area contributed by atoms with Crippen LogP contribution in [0.25, 0.3) is 0 Å². The maximum Gasteiger partial charge on any atom is 0.306 e. The Balaban J connectivity index is 3.94. The smallest absolute Gasteiger partial charge is 0.306 e. The van der Waals surface area contributed by atoms with Crippen molar-refractivity contribution in [2.24, 2.45) is 0 Å². The van der Waals surface area contributed by atoms with Gasteiger partial charge in [-0.25, -0.2) is 0 Å². The molecular formula is C25H48O4. The molecule has 0 aromatic rings. The summed E-state index contributed by atoms with van der Waals surface area (Å²) in [6.07, 6.45) is 21.2. The van der Waals surface area contributed by atoms with Gasteiger partial charge in [0.25, 0.3) is 0 Å². The molecule has 0 saturated carbocycles. The van der Waals surface area contributed by atoms with Crippen LogP contribution < -0.4 is 0 Å². The molecule has 0 rings (SSSR count). The fourth-order valence-electron chi connectivity index (χ4n) is 3.71. The van der Waals surface area contributed by atoms with E-state index in [4.69, 9.17) is 9.84 Å². The van der Waals surface area contributed by atoms with E-state index in [0.29, 0.717) is 6.42 Å². The van der Waals surface area contributed by atoms with Crippen LogP contribution in [0.1, 0.15) is 142 Å². The summed E-state index contributed by atoms with van der Waals surface area (Å²) in [7, 11) is 0. The van der Waals surface area contributed by atoms with Crippen molar-refractivity contribution in [1.82, 2.24) is 0 Å². The third-order valence-electron chi connectivity index (χ3n) is 5.58. The Morgan fingerprint density at radius 2 is 1.03 bits per heavy atom. The maximum atomic E-state index is 12.2. The van der Waals surface area contributed by atoms with Gasteiger partial charge in [0.2, 0.25) is 0 Å². The van der Waals surface area contributed by atoms with E-state index in [1.54, 1.807) is 0 Å². The molecule has 0 heterocycles. The van der Waals surface area contributed by atoms with E-state index < -0.39 is 5.97 Å². The lowest BCUT2D eigenvalue weighted by atomic mass is 10.0. The minimum absolute atomic E-state index is 0.0256. The zero-order chi connectivity index (χ0) is 21.6. The molecule has 4 heteroatoms. The molecule has 0 radical (unpaired) electrons. The number of rotatable bonds is 22. The van der Waals surface area contributed by atoms with Crippen LogP contribution >= 0.6 is 0 Å². The first-order valence-electron chi connectivity index (χ1n) is 12.5. The van der Waals surface area contributed by atoms with Crippen LogP contribution in [0, 0.1) is 0 Å². The second-order valence-corrected chi connectivity index (χ2v) is 8.53. The summed E-state index contributed by atoms with van der Waals surface area (Å²) in [5, 5.41) is 8.69. The van der Waals surface area contributed by atoms with Crippen molar-refractivity contribution < 1.29 is 19.4 Å². The van der Waals surface area contributed by atoms with Gasteiger partial charge in [-0.05, 0) is 38.5 Å². The van der Waals surface area contributed by atoms with Crippen molar-refractivity contribution in [3.05, 3.63) is 0 Å². The van der Waals surface area contributed by atoms with Gasteiger partial charge in [0.15, 0.2) is 0 Å². The third-order valence-corrected chi connectivity index (χ3v) is 5.58. The molecule has 0 amide bonds. The van der Waals surface area contributed by atoms with E-state index in [9.17, 15) is 9.59 Å². The number of hydrogen-bond acceptors (Lipinski definition) is 3. The van der Waals surface area contributed by atoms with Gasteiger partial charge in [0.1, 0.15) is 6.10 Å². The Labute approximate surface area is 180 Å². The summed E-state index contributed by atoms with van der Waals surface area (Å²) in [6, 6.07) is 0. The lowest BCUT2D eigenvalue weighted by Gasteiger charge is -2.18. The van der Waals surface area contributed by atoms with E-state index in [1.807, 2.05) is 0 Å². The van der Waals surface area contributed by atoms with Gasteiger partial charge in [-0.2, -0.15) is 0 Å².